The molecule has 228 valence electrons. The van der Waals surface area contributed by atoms with Crippen molar-refractivity contribution in [1.82, 2.24) is 4.90 Å². The smallest absolute Gasteiger partial charge is 0.339 e. The average Bonchev–Trinajstić information content (AvgIpc) is 3.41. The fourth-order valence-electron chi connectivity index (χ4n) is 6.36. The van der Waals surface area contributed by atoms with E-state index in [4.69, 9.17) is 25.8 Å². The topological polar surface area (TPSA) is 65.1 Å². The van der Waals surface area contributed by atoms with Gasteiger partial charge in [0, 0.05) is 24.2 Å². The molecular weight excluding hydrogens is 569 g/mol. The number of benzene rings is 3. The standard InChI is InChI=1S/C35H39ClFNO5/c1-8-41-34(40)32(43-35(5,6)7)30-21(4)27-18-38(33(39)22-11-9-12-23(37)15-22)17-26(27)20(3)29(30)25-16-28(36)31-24(19(25)2)13-10-14-42-31/h9,11-12,15-16,32H,8,10,13-14,17-18H2,1-7H3/t32-/m0/s1. The molecule has 0 aromatic heterocycles. The molecule has 6 nitrogen and oxygen atoms in total. The first-order valence-corrected chi connectivity index (χ1v) is 15.2. The largest absolute Gasteiger partial charge is 0.492 e. The van der Waals surface area contributed by atoms with E-state index in [1.165, 1.54) is 12.1 Å². The van der Waals surface area contributed by atoms with Gasteiger partial charge in [0.25, 0.3) is 5.91 Å². The summed E-state index contributed by atoms with van der Waals surface area (Å²) in [5.41, 5.74) is 7.94. The predicted octanol–water partition coefficient (Wildman–Crippen LogP) is 7.97. The number of amides is 1. The summed E-state index contributed by atoms with van der Waals surface area (Å²) in [6, 6.07) is 7.67. The average molecular weight is 608 g/mol. The molecule has 5 rings (SSSR count). The first-order valence-electron chi connectivity index (χ1n) is 14.8. The van der Waals surface area contributed by atoms with Crippen LogP contribution in [0.15, 0.2) is 30.3 Å². The van der Waals surface area contributed by atoms with E-state index < -0.39 is 23.5 Å². The van der Waals surface area contributed by atoms with Crippen molar-refractivity contribution >= 4 is 23.5 Å². The molecule has 43 heavy (non-hydrogen) atoms. The van der Waals surface area contributed by atoms with Crippen molar-refractivity contribution in [3.63, 3.8) is 0 Å². The van der Waals surface area contributed by atoms with E-state index in [9.17, 15) is 14.0 Å². The predicted molar refractivity (Wildman–Crippen MR) is 165 cm³/mol. The summed E-state index contributed by atoms with van der Waals surface area (Å²) in [7, 11) is 0. The van der Waals surface area contributed by atoms with E-state index in [2.05, 4.69) is 6.92 Å². The highest BCUT2D eigenvalue weighted by Crippen LogP contribution is 2.48. The van der Waals surface area contributed by atoms with Crippen LogP contribution in [-0.4, -0.2) is 35.6 Å². The van der Waals surface area contributed by atoms with Gasteiger partial charge in [-0.1, -0.05) is 17.7 Å². The molecule has 1 atom stereocenters. The molecule has 2 aliphatic rings. The second-order valence-corrected chi connectivity index (χ2v) is 12.7. The normalized spacial score (nSPS) is 15.0. The van der Waals surface area contributed by atoms with Crippen LogP contribution in [0.3, 0.4) is 0 Å². The van der Waals surface area contributed by atoms with Crippen LogP contribution in [0, 0.1) is 26.6 Å². The third-order valence-electron chi connectivity index (χ3n) is 8.31. The van der Waals surface area contributed by atoms with Gasteiger partial charge in [0.05, 0.1) is 23.8 Å². The Kier molecular flexibility index (Phi) is 8.61. The Morgan fingerprint density at radius 3 is 2.40 bits per heavy atom. The molecule has 0 aliphatic carbocycles. The first kappa shape index (κ1) is 31.0. The summed E-state index contributed by atoms with van der Waals surface area (Å²) in [4.78, 5) is 28.9. The number of carbonyl (C=O) groups is 2. The molecule has 0 saturated carbocycles. The first-order chi connectivity index (χ1) is 20.3. The molecule has 0 saturated heterocycles. The van der Waals surface area contributed by atoms with Crippen LogP contribution in [0.2, 0.25) is 5.02 Å². The minimum absolute atomic E-state index is 0.206. The molecule has 2 heterocycles. The number of halogens is 2. The number of ether oxygens (including phenoxy) is 3. The van der Waals surface area contributed by atoms with Crippen molar-refractivity contribution < 1.29 is 28.2 Å². The Hall–Kier alpha value is -3.42. The zero-order valence-electron chi connectivity index (χ0n) is 26.0. The maximum Gasteiger partial charge on any atom is 0.339 e. The van der Waals surface area contributed by atoms with Gasteiger partial charge >= 0.3 is 5.97 Å². The summed E-state index contributed by atoms with van der Waals surface area (Å²) in [6.45, 7) is 15.1. The molecule has 2 aliphatic heterocycles. The molecule has 1 amide bonds. The highest BCUT2D eigenvalue weighted by molar-refractivity contribution is 6.32. The van der Waals surface area contributed by atoms with Crippen LogP contribution in [0.4, 0.5) is 4.39 Å². The number of hydrogen-bond donors (Lipinski definition) is 0. The van der Waals surface area contributed by atoms with Gasteiger partial charge in [-0.15, -0.1) is 0 Å². The zero-order chi connectivity index (χ0) is 31.2. The molecular formula is C35H39ClFNO5. The fraction of sp³-hybridized carbons (Fsp3) is 0.429. The highest BCUT2D eigenvalue weighted by Gasteiger charge is 2.38. The van der Waals surface area contributed by atoms with Crippen LogP contribution in [0.1, 0.15) is 89.5 Å². The van der Waals surface area contributed by atoms with Gasteiger partial charge < -0.3 is 19.1 Å². The second kappa shape index (κ2) is 11.9. The van der Waals surface area contributed by atoms with Crippen LogP contribution >= 0.6 is 11.6 Å². The van der Waals surface area contributed by atoms with Crippen molar-refractivity contribution in [3.8, 4) is 16.9 Å². The monoisotopic (exact) mass is 607 g/mol. The summed E-state index contributed by atoms with van der Waals surface area (Å²) in [5.74, 6) is -0.474. The van der Waals surface area contributed by atoms with Crippen LogP contribution in [-0.2, 0) is 33.8 Å². The molecule has 8 heteroatoms. The lowest BCUT2D eigenvalue weighted by Gasteiger charge is -2.32. The highest BCUT2D eigenvalue weighted by atomic mass is 35.5. The number of rotatable bonds is 6. The quantitative estimate of drug-likeness (QED) is 0.266. The number of nitrogens with zero attached hydrogens (tertiary/aromatic N) is 1. The van der Waals surface area contributed by atoms with Gasteiger partial charge in [0.2, 0.25) is 0 Å². The molecule has 0 unspecified atom stereocenters. The number of carbonyl (C=O) groups excluding carboxylic acids is 2. The second-order valence-electron chi connectivity index (χ2n) is 12.3. The van der Waals surface area contributed by atoms with Gasteiger partial charge in [0.1, 0.15) is 11.6 Å². The molecule has 3 aromatic carbocycles. The minimum atomic E-state index is -1.02. The lowest BCUT2D eigenvalue weighted by molar-refractivity contribution is -0.166. The molecule has 0 bridgehead atoms. The van der Waals surface area contributed by atoms with Crippen molar-refractivity contribution in [2.75, 3.05) is 13.2 Å². The van der Waals surface area contributed by atoms with E-state index in [0.29, 0.717) is 41.6 Å². The summed E-state index contributed by atoms with van der Waals surface area (Å²) in [6.07, 6.45) is 0.707. The van der Waals surface area contributed by atoms with Crippen LogP contribution < -0.4 is 4.74 Å². The SMILES string of the molecule is CCOC(=O)[C@@H](OC(C)(C)C)c1c(C)c2c(c(C)c1-c1cc(Cl)c3c(c1C)CCCO3)CN(C(=O)c1cccc(F)c1)C2. The maximum absolute atomic E-state index is 14.0. The van der Waals surface area contributed by atoms with Crippen LogP contribution in [0.5, 0.6) is 5.75 Å². The number of hydrogen-bond acceptors (Lipinski definition) is 5. The van der Waals surface area contributed by atoms with E-state index in [1.54, 1.807) is 24.0 Å². The minimum Gasteiger partial charge on any atom is -0.492 e. The van der Waals surface area contributed by atoms with Gasteiger partial charge in [0.15, 0.2) is 6.10 Å². The van der Waals surface area contributed by atoms with Gasteiger partial charge in [-0.2, -0.15) is 0 Å². The van der Waals surface area contributed by atoms with Crippen molar-refractivity contribution in [2.45, 2.75) is 86.1 Å². The van der Waals surface area contributed by atoms with E-state index in [1.807, 2.05) is 40.7 Å². The Bertz CT molecular complexity index is 1610. The lowest BCUT2D eigenvalue weighted by Crippen LogP contribution is -2.30. The summed E-state index contributed by atoms with van der Waals surface area (Å²) < 4.78 is 32.0. The molecule has 0 N–H and O–H groups in total. The Morgan fingerprint density at radius 2 is 1.74 bits per heavy atom. The Labute approximate surface area is 258 Å². The van der Waals surface area contributed by atoms with Crippen molar-refractivity contribution in [2.24, 2.45) is 0 Å². The number of esters is 1. The van der Waals surface area contributed by atoms with Crippen LogP contribution in [0.25, 0.3) is 11.1 Å². The van der Waals surface area contributed by atoms with E-state index >= 15 is 0 Å². The maximum atomic E-state index is 14.0. The Morgan fingerprint density at radius 1 is 1.05 bits per heavy atom. The van der Waals surface area contributed by atoms with E-state index in [-0.39, 0.29) is 12.5 Å². The molecule has 3 aromatic rings. The third kappa shape index (κ3) is 5.89. The van der Waals surface area contributed by atoms with Gasteiger partial charge in [-0.25, -0.2) is 9.18 Å². The van der Waals surface area contributed by atoms with Gasteiger partial charge in [-0.3, -0.25) is 4.79 Å². The van der Waals surface area contributed by atoms with Crippen molar-refractivity contribution in [3.05, 3.63) is 85.7 Å². The fourth-order valence-corrected chi connectivity index (χ4v) is 6.64. The molecule has 0 fully saturated rings. The molecule has 0 radical (unpaired) electrons. The summed E-state index contributed by atoms with van der Waals surface area (Å²) in [5, 5.41) is 0.520. The molecule has 0 spiro atoms. The Balaban J connectivity index is 1.75. The van der Waals surface area contributed by atoms with E-state index in [0.717, 1.165) is 57.3 Å². The van der Waals surface area contributed by atoms with Gasteiger partial charge in [-0.05, 0) is 130 Å². The van der Waals surface area contributed by atoms with Crippen molar-refractivity contribution in [1.29, 1.82) is 0 Å². The lowest BCUT2D eigenvalue weighted by atomic mass is 9.81. The number of fused-ring (bicyclic) bond motifs is 2. The third-order valence-corrected chi connectivity index (χ3v) is 8.60. The zero-order valence-corrected chi connectivity index (χ0v) is 26.7. The summed E-state index contributed by atoms with van der Waals surface area (Å²) >= 11 is 6.84.